The van der Waals surface area contributed by atoms with Crippen molar-refractivity contribution in [3.05, 3.63) is 50.0 Å². The van der Waals surface area contributed by atoms with Gasteiger partial charge in [-0.05, 0) is 12.5 Å². The molecule has 1 N–H and O–H groups in total. The van der Waals surface area contributed by atoms with E-state index in [1.165, 1.54) is 23.5 Å². The highest BCUT2D eigenvalue weighted by Crippen LogP contribution is 2.31. The molecule has 0 aliphatic rings. The molecule has 112 valence electrons. The molecule has 8 heteroatoms. The lowest BCUT2D eigenvalue weighted by Gasteiger charge is -2.10. The summed E-state index contributed by atoms with van der Waals surface area (Å²) in [7, 11) is 0. The van der Waals surface area contributed by atoms with Gasteiger partial charge in [0.1, 0.15) is 5.01 Å². The maximum atomic E-state index is 13.0. The van der Waals surface area contributed by atoms with Gasteiger partial charge in [0.2, 0.25) is 0 Å². The summed E-state index contributed by atoms with van der Waals surface area (Å²) in [5, 5.41) is 14.3. The highest BCUT2D eigenvalue weighted by Gasteiger charge is 2.18. The van der Waals surface area contributed by atoms with Gasteiger partial charge in [0.05, 0.1) is 11.5 Å². The van der Waals surface area contributed by atoms with E-state index in [2.05, 4.69) is 10.3 Å². The van der Waals surface area contributed by atoms with Crippen molar-refractivity contribution in [3.63, 3.8) is 0 Å². The highest BCUT2D eigenvalue weighted by atomic mass is 32.1. The van der Waals surface area contributed by atoms with Crippen LogP contribution in [0.15, 0.2) is 24.4 Å². The van der Waals surface area contributed by atoms with Crippen molar-refractivity contribution in [2.24, 2.45) is 0 Å². The van der Waals surface area contributed by atoms with Crippen LogP contribution in [0, 0.1) is 10.1 Å². The fourth-order valence-electron chi connectivity index (χ4n) is 1.77. The zero-order chi connectivity index (χ0) is 15.4. The summed E-state index contributed by atoms with van der Waals surface area (Å²) in [6, 6.07) is 3.40. The SMILES string of the molecule is CCc1cnc(CNc2ccc([N+](=O)[O-])cc2C(F)F)s1. The summed E-state index contributed by atoms with van der Waals surface area (Å²) in [5.74, 6) is 0. The molecule has 0 atom stereocenters. The first-order valence-electron chi connectivity index (χ1n) is 6.25. The molecule has 0 spiro atoms. The fraction of sp³-hybridized carbons (Fsp3) is 0.308. The normalized spacial score (nSPS) is 10.9. The molecule has 0 saturated carbocycles. The highest BCUT2D eigenvalue weighted by molar-refractivity contribution is 7.11. The van der Waals surface area contributed by atoms with Gasteiger partial charge in [0, 0.05) is 34.5 Å². The number of benzene rings is 1. The molecule has 21 heavy (non-hydrogen) atoms. The molecule has 2 rings (SSSR count). The number of aromatic nitrogens is 1. The standard InChI is InChI=1S/C13H13F2N3O2S/c1-2-9-6-17-12(21-9)7-16-11-4-3-8(18(19)20)5-10(11)13(14)15/h3-6,13,16H,2,7H2,1H3. The molecule has 0 amide bonds. The number of nitrogens with zero attached hydrogens (tertiary/aromatic N) is 2. The largest absolute Gasteiger partial charge is 0.378 e. The van der Waals surface area contributed by atoms with Gasteiger partial charge in [-0.25, -0.2) is 13.8 Å². The van der Waals surface area contributed by atoms with Crippen molar-refractivity contribution in [2.75, 3.05) is 5.32 Å². The first-order chi connectivity index (χ1) is 10.0. The number of anilines is 1. The number of nitrogens with one attached hydrogen (secondary N) is 1. The average molecular weight is 313 g/mol. The maximum Gasteiger partial charge on any atom is 0.270 e. The monoisotopic (exact) mass is 313 g/mol. The molecule has 2 aromatic rings. The number of hydrogen-bond acceptors (Lipinski definition) is 5. The van der Waals surface area contributed by atoms with Gasteiger partial charge in [-0.1, -0.05) is 6.92 Å². The van der Waals surface area contributed by atoms with Crippen LogP contribution in [0.4, 0.5) is 20.2 Å². The number of aryl methyl sites for hydroxylation is 1. The minimum absolute atomic E-state index is 0.184. The molecule has 0 aliphatic heterocycles. The Morgan fingerprint density at radius 2 is 2.24 bits per heavy atom. The van der Waals surface area contributed by atoms with E-state index < -0.39 is 11.3 Å². The van der Waals surface area contributed by atoms with Crippen molar-refractivity contribution < 1.29 is 13.7 Å². The van der Waals surface area contributed by atoms with Crippen molar-refractivity contribution in [3.8, 4) is 0 Å². The summed E-state index contributed by atoms with van der Waals surface area (Å²) in [5.41, 5.74) is -0.543. The van der Waals surface area contributed by atoms with Gasteiger partial charge in [-0.3, -0.25) is 10.1 Å². The topological polar surface area (TPSA) is 68.1 Å². The van der Waals surface area contributed by atoms with E-state index in [0.29, 0.717) is 6.54 Å². The third-order valence-corrected chi connectivity index (χ3v) is 4.00. The Morgan fingerprint density at radius 1 is 1.48 bits per heavy atom. The van der Waals surface area contributed by atoms with Crippen LogP contribution in [-0.4, -0.2) is 9.91 Å². The molecule has 0 fully saturated rings. The summed E-state index contributed by atoms with van der Waals surface area (Å²) >= 11 is 1.51. The Hall–Kier alpha value is -2.09. The first kappa shape index (κ1) is 15.3. The van der Waals surface area contributed by atoms with Crippen molar-refractivity contribution >= 4 is 22.7 Å². The smallest absolute Gasteiger partial charge is 0.270 e. The molecule has 0 saturated heterocycles. The van der Waals surface area contributed by atoms with Gasteiger partial charge in [0.15, 0.2) is 0 Å². The van der Waals surface area contributed by atoms with Gasteiger partial charge in [-0.2, -0.15) is 0 Å². The second kappa shape index (κ2) is 6.57. The Bertz CT molecular complexity index is 646. The molecular weight excluding hydrogens is 300 g/mol. The molecule has 0 radical (unpaired) electrons. The van der Waals surface area contributed by atoms with Crippen LogP contribution in [-0.2, 0) is 13.0 Å². The second-order valence-corrected chi connectivity index (χ2v) is 5.46. The van der Waals surface area contributed by atoms with Crippen molar-refractivity contribution in [1.29, 1.82) is 0 Å². The Balaban J connectivity index is 2.17. The predicted molar refractivity (Wildman–Crippen MR) is 76.9 cm³/mol. The number of nitro benzene ring substituents is 1. The lowest BCUT2D eigenvalue weighted by Crippen LogP contribution is -2.03. The minimum Gasteiger partial charge on any atom is -0.378 e. The van der Waals surface area contributed by atoms with Crippen LogP contribution in [0.25, 0.3) is 0 Å². The molecule has 5 nitrogen and oxygen atoms in total. The number of alkyl halides is 2. The lowest BCUT2D eigenvalue weighted by molar-refractivity contribution is -0.385. The molecule has 1 aromatic carbocycles. The Kier molecular flexibility index (Phi) is 4.79. The van der Waals surface area contributed by atoms with E-state index in [4.69, 9.17) is 0 Å². The van der Waals surface area contributed by atoms with Gasteiger partial charge in [-0.15, -0.1) is 11.3 Å². The van der Waals surface area contributed by atoms with Crippen LogP contribution >= 0.6 is 11.3 Å². The number of thiazole rings is 1. The average Bonchev–Trinajstić information content (AvgIpc) is 2.92. The van der Waals surface area contributed by atoms with Crippen LogP contribution in [0.1, 0.15) is 28.8 Å². The summed E-state index contributed by atoms with van der Waals surface area (Å²) < 4.78 is 26.0. The molecule has 0 unspecified atom stereocenters. The summed E-state index contributed by atoms with van der Waals surface area (Å²) in [4.78, 5) is 15.2. The Morgan fingerprint density at radius 3 is 2.81 bits per heavy atom. The molecule has 1 aromatic heterocycles. The van der Waals surface area contributed by atoms with Crippen molar-refractivity contribution in [1.82, 2.24) is 4.98 Å². The quantitative estimate of drug-likeness (QED) is 0.642. The summed E-state index contributed by atoms with van der Waals surface area (Å²) in [6.07, 6.45) is -0.155. The number of rotatable bonds is 6. The third kappa shape index (κ3) is 3.72. The van der Waals surface area contributed by atoms with E-state index in [1.807, 2.05) is 6.92 Å². The zero-order valence-electron chi connectivity index (χ0n) is 11.2. The molecule has 0 aliphatic carbocycles. The van der Waals surface area contributed by atoms with E-state index >= 15 is 0 Å². The zero-order valence-corrected chi connectivity index (χ0v) is 12.0. The summed E-state index contributed by atoms with van der Waals surface area (Å²) in [6.45, 7) is 2.32. The van der Waals surface area contributed by atoms with Gasteiger partial charge < -0.3 is 5.32 Å². The number of non-ortho nitro benzene ring substituents is 1. The molecular formula is C13H13F2N3O2S. The first-order valence-corrected chi connectivity index (χ1v) is 7.06. The van der Waals surface area contributed by atoms with Crippen LogP contribution in [0.3, 0.4) is 0 Å². The van der Waals surface area contributed by atoms with Crippen LogP contribution in [0.2, 0.25) is 0 Å². The van der Waals surface area contributed by atoms with Gasteiger partial charge in [0.25, 0.3) is 12.1 Å². The number of halogens is 2. The van der Waals surface area contributed by atoms with E-state index in [9.17, 15) is 18.9 Å². The molecule has 1 heterocycles. The van der Waals surface area contributed by atoms with E-state index in [-0.39, 0.29) is 16.9 Å². The number of hydrogen-bond donors (Lipinski definition) is 1. The maximum absolute atomic E-state index is 13.0. The fourth-order valence-corrected chi connectivity index (χ4v) is 2.57. The predicted octanol–water partition coefficient (Wildman–Crippen LogP) is 4.16. The Labute approximate surface area is 123 Å². The lowest BCUT2D eigenvalue weighted by atomic mass is 10.1. The minimum atomic E-state index is -2.78. The van der Waals surface area contributed by atoms with Crippen LogP contribution in [0.5, 0.6) is 0 Å². The third-order valence-electron chi connectivity index (χ3n) is 2.86. The van der Waals surface area contributed by atoms with E-state index in [1.54, 1.807) is 6.20 Å². The van der Waals surface area contributed by atoms with Crippen LogP contribution < -0.4 is 5.32 Å². The van der Waals surface area contributed by atoms with E-state index in [0.717, 1.165) is 22.4 Å². The van der Waals surface area contributed by atoms with Gasteiger partial charge >= 0.3 is 0 Å². The second-order valence-electron chi connectivity index (χ2n) is 4.26. The molecule has 0 bridgehead atoms. The number of nitro groups is 1. The van der Waals surface area contributed by atoms with Crippen molar-refractivity contribution in [2.45, 2.75) is 26.3 Å².